The van der Waals surface area contributed by atoms with E-state index in [0.717, 1.165) is 25.7 Å². The van der Waals surface area contributed by atoms with Crippen molar-refractivity contribution in [3.05, 3.63) is 46.8 Å². The van der Waals surface area contributed by atoms with Gasteiger partial charge in [-0.1, -0.05) is 18.9 Å². The standard InChI is InChI=1S/C21H27N3O5S/c1-14-18(21(26)29-3)15(2)22-19(14)20(25)23-16-9-8-10-17(13-16)30(27,28)24-11-6-4-5-7-12-24/h8-10,13,22H,4-7,11-12H2,1-3H3,(H,23,25). The zero-order valence-corrected chi connectivity index (χ0v) is 18.3. The summed E-state index contributed by atoms with van der Waals surface area (Å²) >= 11 is 0. The molecule has 0 unspecified atom stereocenters. The van der Waals surface area contributed by atoms with Gasteiger partial charge in [0.1, 0.15) is 5.69 Å². The van der Waals surface area contributed by atoms with Crippen LogP contribution in [0.2, 0.25) is 0 Å². The van der Waals surface area contributed by atoms with E-state index in [0.29, 0.717) is 35.6 Å². The van der Waals surface area contributed by atoms with Crippen molar-refractivity contribution in [1.29, 1.82) is 0 Å². The number of carbonyl (C=O) groups is 2. The normalized spacial score (nSPS) is 15.4. The number of methoxy groups -OCH3 is 1. The summed E-state index contributed by atoms with van der Waals surface area (Å²) < 4.78 is 32.3. The Kier molecular flexibility index (Phi) is 6.62. The number of aromatic amines is 1. The first-order valence-electron chi connectivity index (χ1n) is 9.94. The molecule has 1 fully saturated rings. The Morgan fingerprint density at radius 3 is 2.40 bits per heavy atom. The minimum atomic E-state index is -3.62. The van der Waals surface area contributed by atoms with Crippen molar-refractivity contribution in [1.82, 2.24) is 9.29 Å². The number of anilines is 1. The van der Waals surface area contributed by atoms with E-state index in [2.05, 4.69) is 10.3 Å². The van der Waals surface area contributed by atoms with Crippen molar-refractivity contribution < 1.29 is 22.7 Å². The van der Waals surface area contributed by atoms with E-state index < -0.39 is 21.9 Å². The van der Waals surface area contributed by atoms with Gasteiger partial charge in [0.05, 0.1) is 17.6 Å². The number of nitrogens with one attached hydrogen (secondary N) is 2. The highest BCUT2D eigenvalue weighted by atomic mass is 32.2. The third kappa shape index (κ3) is 4.41. The summed E-state index contributed by atoms with van der Waals surface area (Å²) in [4.78, 5) is 27.8. The molecular weight excluding hydrogens is 406 g/mol. The Hall–Kier alpha value is -2.65. The molecule has 2 N–H and O–H groups in total. The molecule has 9 heteroatoms. The second-order valence-electron chi connectivity index (χ2n) is 7.42. The predicted molar refractivity (Wildman–Crippen MR) is 113 cm³/mol. The Balaban J connectivity index is 1.83. The van der Waals surface area contributed by atoms with Crippen LogP contribution in [0, 0.1) is 13.8 Å². The second-order valence-corrected chi connectivity index (χ2v) is 9.35. The molecule has 0 bridgehead atoms. The lowest BCUT2D eigenvalue weighted by Gasteiger charge is -2.20. The van der Waals surface area contributed by atoms with Crippen molar-refractivity contribution in [2.45, 2.75) is 44.4 Å². The number of hydrogen-bond acceptors (Lipinski definition) is 5. The van der Waals surface area contributed by atoms with Crippen molar-refractivity contribution in [2.75, 3.05) is 25.5 Å². The van der Waals surface area contributed by atoms with Crippen LogP contribution < -0.4 is 5.32 Å². The molecule has 162 valence electrons. The molecule has 8 nitrogen and oxygen atoms in total. The van der Waals surface area contributed by atoms with Crippen LogP contribution in [0.4, 0.5) is 5.69 Å². The summed E-state index contributed by atoms with van der Waals surface area (Å²) in [5.74, 6) is -0.985. The molecular formula is C21H27N3O5S. The number of sulfonamides is 1. The van der Waals surface area contributed by atoms with E-state index in [-0.39, 0.29) is 10.6 Å². The number of benzene rings is 1. The number of aryl methyl sites for hydroxylation is 1. The second kappa shape index (κ2) is 9.01. The van der Waals surface area contributed by atoms with Crippen LogP contribution in [0.5, 0.6) is 0 Å². The largest absolute Gasteiger partial charge is 0.465 e. The molecule has 1 aliphatic rings. The van der Waals surface area contributed by atoms with Crippen molar-refractivity contribution >= 4 is 27.6 Å². The molecule has 1 saturated heterocycles. The molecule has 0 aliphatic carbocycles. The molecule has 0 radical (unpaired) electrons. The molecule has 1 amide bonds. The van der Waals surface area contributed by atoms with Crippen LogP contribution in [0.15, 0.2) is 29.2 Å². The van der Waals surface area contributed by atoms with E-state index in [1.54, 1.807) is 26.0 Å². The van der Waals surface area contributed by atoms with Gasteiger partial charge in [-0.15, -0.1) is 0 Å². The Morgan fingerprint density at radius 1 is 1.10 bits per heavy atom. The number of hydrogen-bond donors (Lipinski definition) is 2. The Labute approximate surface area is 176 Å². The van der Waals surface area contributed by atoms with Crippen LogP contribution in [0.3, 0.4) is 0 Å². The van der Waals surface area contributed by atoms with Crippen LogP contribution in [0.25, 0.3) is 0 Å². The highest BCUT2D eigenvalue weighted by Crippen LogP contribution is 2.24. The lowest BCUT2D eigenvalue weighted by atomic mass is 10.1. The van der Waals surface area contributed by atoms with E-state index >= 15 is 0 Å². The highest BCUT2D eigenvalue weighted by Gasteiger charge is 2.26. The molecule has 2 heterocycles. The highest BCUT2D eigenvalue weighted by molar-refractivity contribution is 7.89. The molecule has 1 aromatic carbocycles. The van der Waals surface area contributed by atoms with Gasteiger partial charge in [-0.25, -0.2) is 13.2 Å². The fourth-order valence-electron chi connectivity index (χ4n) is 3.74. The van der Waals surface area contributed by atoms with E-state index in [9.17, 15) is 18.0 Å². The number of carbonyl (C=O) groups excluding carboxylic acids is 2. The van der Waals surface area contributed by atoms with E-state index in [1.807, 2.05) is 0 Å². The average molecular weight is 434 g/mol. The monoisotopic (exact) mass is 433 g/mol. The van der Waals surface area contributed by atoms with Gasteiger partial charge in [-0.3, -0.25) is 4.79 Å². The fourth-order valence-corrected chi connectivity index (χ4v) is 5.31. The van der Waals surface area contributed by atoms with E-state index in [4.69, 9.17) is 4.74 Å². The summed E-state index contributed by atoms with van der Waals surface area (Å²) in [6, 6.07) is 6.23. The summed E-state index contributed by atoms with van der Waals surface area (Å²) in [5, 5.41) is 2.72. The van der Waals surface area contributed by atoms with E-state index in [1.165, 1.54) is 23.5 Å². The minimum absolute atomic E-state index is 0.150. The first kappa shape index (κ1) is 22.0. The summed E-state index contributed by atoms with van der Waals surface area (Å²) in [6.45, 7) is 4.36. The molecule has 2 aromatic rings. The van der Waals surface area contributed by atoms with Gasteiger partial charge >= 0.3 is 5.97 Å². The quantitative estimate of drug-likeness (QED) is 0.704. The minimum Gasteiger partial charge on any atom is -0.465 e. The summed E-state index contributed by atoms with van der Waals surface area (Å²) in [6.07, 6.45) is 3.77. The smallest absolute Gasteiger partial charge is 0.339 e. The predicted octanol–water partition coefficient (Wildman–Crippen LogP) is 3.24. The van der Waals surface area contributed by atoms with Gasteiger partial charge in [0.15, 0.2) is 0 Å². The number of amides is 1. The van der Waals surface area contributed by atoms with Gasteiger partial charge in [0.2, 0.25) is 10.0 Å². The first-order chi connectivity index (χ1) is 14.3. The fraction of sp³-hybridized carbons (Fsp3) is 0.429. The molecule has 3 rings (SSSR count). The zero-order chi connectivity index (χ0) is 21.9. The van der Waals surface area contributed by atoms with Crippen LogP contribution in [-0.4, -0.2) is 49.8 Å². The number of ether oxygens (including phenoxy) is 1. The molecule has 1 aromatic heterocycles. The van der Waals surface area contributed by atoms with Crippen molar-refractivity contribution in [3.63, 3.8) is 0 Å². The average Bonchev–Trinajstić information content (AvgIpc) is 2.90. The van der Waals surface area contributed by atoms with Gasteiger partial charge in [0, 0.05) is 24.5 Å². The number of nitrogens with zero attached hydrogens (tertiary/aromatic N) is 1. The molecule has 1 aliphatic heterocycles. The topological polar surface area (TPSA) is 109 Å². The lowest BCUT2D eigenvalue weighted by molar-refractivity contribution is 0.0599. The number of H-pyrrole nitrogens is 1. The SMILES string of the molecule is COC(=O)c1c(C)[nH]c(C(=O)Nc2cccc(S(=O)(=O)N3CCCCCC3)c2)c1C. The maximum atomic E-state index is 13.0. The van der Waals surface area contributed by atoms with Crippen LogP contribution >= 0.6 is 0 Å². The van der Waals surface area contributed by atoms with Gasteiger partial charge in [-0.2, -0.15) is 4.31 Å². The molecule has 30 heavy (non-hydrogen) atoms. The summed E-state index contributed by atoms with van der Waals surface area (Å²) in [5.41, 5.74) is 1.92. The molecule has 0 atom stereocenters. The Morgan fingerprint density at radius 2 is 1.77 bits per heavy atom. The van der Waals surface area contributed by atoms with Gasteiger partial charge in [-0.05, 0) is 50.5 Å². The van der Waals surface area contributed by atoms with Crippen molar-refractivity contribution in [2.24, 2.45) is 0 Å². The number of rotatable bonds is 5. The third-order valence-corrected chi connectivity index (χ3v) is 7.24. The lowest BCUT2D eigenvalue weighted by Crippen LogP contribution is -2.32. The Bertz CT molecular complexity index is 1050. The number of esters is 1. The third-order valence-electron chi connectivity index (χ3n) is 5.35. The van der Waals surface area contributed by atoms with Gasteiger partial charge in [0.25, 0.3) is 5.91 Å². The first-order valence-corrected chi connectivity index (χ1v) is 11.4. The number of aromatic nitrogens is 1. The summed E-state index contributed by atoms with van der Waals surface area (Å²) in [7, 11) is -2.34. The zero-order valence-electron chi connectivity index (χ0n) is 17.4. The maximum Gasteiger partial charge on any atom is 0.339 e. The molecule has 0 saturated carbocycles. The van der Waals surface area contributed by atoms with Crippen LogP contribution in [0.1, 0.15) is 57.8 Å². The van der Waals surface area contributed by atoms with Crippen LogP contribution in [-0.2, 0) is 14.8 Å². The maximum absolute atomic E-state index is 13.0. The van der Waals surface area contributed by atoms with Gasteiger partial charge < -0.3 is 15.0 Å². The van der Waals surface area contributed by atoms with Crippen molar-refractivity contribution in [3.8, 4) is 0 Å². The molecule has 0 spiro atoms.